The SMILES string of the molecule is Cn1c(-n2c3ccccc3c3ccc4c(c5ccccc5n4-c4ccccc4)c32)nc2nc(-c3ccccc3)c(N3c4ccccc4C4C=Cc5c(c6ccccc6n5-c5ccccc5)C43)nc21. The number of rotatable bonds is 5. The molecule has 6 heterocycles. The molecule has 0 saturated heterocycles. The van der Waals surface area contributed by atoms with Gasteiger partial charge < -0.3 is 14.0 Å². The molecule has 8 heteroatoms. The first-order chi connectivity index (χ1) is 33.7. The number of aromatic nitrogens is 7. The topological polar surface area (TPSA) is 61.6 Å². The largest absolute Gasteiger partial charge is 0.316 e. The van der Waals surface area contributed by atoms with Crippen molar-refractivity contribution in [2.75, 3.05) is 4.90 Å². The maximum atomic E-state index is 5.80. The van der Waals surface area contributed by atoms with Crippen LogP contribution in [0.3, 0.4) is 0 Å². The molecule has 0 amide bonds. The fourth-order valence-corrected chi connectivity index (χ4v) is 11.7. The maximum absolute atomic E-state index is 5.80. The van der Waals surface area contributed by atoms with E-state index in [1.54, 1.807) is 0 Å². The van der Waals surface area contributed by atoms with Crippen molar-refractivity contribution in [1.82, 2.24) is 33.2 Å². The second-order valence-corrected chi connectivity index (χ2v) is 18.0. The molecule has 0 spiro atoms. The number of fused-ring (bicyclic) bond motifs is 15. The van der Waals surface area contributed by atoms with Crippen LogP contribution in [0, 0.1) is 0 Å². The summed E-state index contributed by atoms with van der Waals surface area (Å²) in [7, 11) is 2.09. The molecule has 68 heavy (non-hydrogen) atoms. The van der Waals surface area contributed by atoms with E-state index < -0.39 is 0 Å². The summed E-state index contributed by atoms with van der Waals surface area (Å²) < 4.78 is 9.29. The van der Waals surface area contributed by atoms with E-state index >= 15 is 0 Å². The molecule has 1 aliphatic heterocycles. The summed E-state index contributed by atoms with van der Waals surface area (Å²) in [6, 6.07) is 71.5. The van der Waals surface area contributed by atoms with E-state index in [4.69, 9.17) is 15.0 Å². The number of hydrogen-bond donors (Lipinski definition) is 0. The van der Waals surface area contributed by atoms with Gasteiger partial charge in [0.05, 0.1) is 39.3 Å². The van der Waals surface area contributed by atoms with Crippen LogP contribution in [-0.4, -0.2) is 33.2 Å². The van der Waals surface area contributed by atoms with Gasteiger partial charge in [-0.25, -0.2) is 9.97 Å². The molecule has 5 aromatic heterocycles. The quantitative estimate of drug-likeness (QED) is 0.173. The van der Waals surface area contributed by atoms with Crippen LogP contribution in [0.2, 0.25) is 0 Å². The Balaban J connectivity index is 1.02. The Kier molecular flexibility index (Phi) is 7.67. The van der Waals surface area contributed by atoms with Crippen LogP contribution in [0.5, 0.6) is 0 Å². The Morgan fingerprint density at radius 2 is 1.07 bits per heavy atom. The zero-order valence-electron chi connectivity index (χ0n) is 36.9. The maximum Gasteiger partial charge on any atom is 0.218 e. The lowest BCUT2D eigenvalue weighted by Crippen LogP contribution is -2.26. The molecule has 0 fully saturated rings. The third-order valence-electron chi connectivity index (χ3n) is 14.5. The molecular weight excluding hydrogens is 833 g/mol. The van der Waals surface area contributed by atoms with E-state index in [2.05, 4.69) is 243 Å². The smallest absolute Gasteiger partial charge is 0.218 e. The highest BCUT2D eigenvalue weighted by atomic mass is 15.3. The molecule has 13 aromatic rings. The lowest BCUT2D eigenvalue weighted by atomic mass is 9.84. The van der Waals surface area contributed by atoms with Gasteiger partial charge in [0.2, 0.25) is 5.95 Å². The second-order valence-electron chi connectivity index (χ2n) is 18.0. The van der Waals surface area contributed by atoms with Gasteiger partial charge in [0.1, 0.15) is 5.69 Å². The molecular formula is C60H40N8. The van der Waals surface area contributed by atoms with Gasteiger partial charge in [0.15, 0.2) is 17.1 Å². The number of nitrogens with zero attached hydrogens (tertiary/aromatic N) is 8. The van der Waals surface area contributed by atoms with Gasteiger partial charge in [-0.2, -0.15) is 4.98 Å². The average Bonchev–Trinajstić information content (AvgIpc) is 4.19. The van der Waals surface area contributed by atoms with Crippen molar-refractivity contribution in [3.63, 3.8) is 0 Å². The average molecular weight is 873 g/mol. The van der Waals surface area contributed by atoms with E-state index in [-0.39, 0.29) is 12.0 Å². The number of imidazole rings is 1. The van der Waals surface area contributed by atoms with Gasteiger partial charge >= 0.3 is 0 Å². The van der Waals surface area contributed by atoms with Crippen LogP contribution in [0.15, 0.2) is 206 Å². The van der Waals surface area contributed by atoms with E-state index in [1.165, 1.54) is 43.9 Å². The summed E-state index contributed by atoms with van der Waals surface area (Å²) in [6.45, 7) is 0. The van der Waals surface area contributed by atoms with Crippen molar-refractivity contribution in [2.45, 2.75) is 12.0 Å². The van der Waals surface area contributed by atoms with Gasteiger partial charge in [0.25, 0.3) is 0 Å². The Hall–Kier alpha value is -9.01. The fourth-order valence-electron chi connectivity index (χ4n) is 11.7. The molecule has 0 bridgehead atoms. The monoisotopic (exact) mass is 872 g/mol. The lowest BCUT2D eigenvalue weighted by molar-refractivity contribution is 0.664. The van der Waals surface area contributed by atoms with Gasteiger partial charge in [0, 0.05) is 68.1 Å². The molecule has 8 aromatic carbocycles. The summed E-state index contributed by atoms with van der Waals surface area (Å²) in [5.41, 5.74) is 15.8. The number of para-hydroxylation sites is 6. The normalized spacial score (nSPS) is 15.3. The van der Waals surface area contributed by atoms with Crippen LogP contribution in [-0.2, 0) is 7.05 Å². The van der Waals surface area contributed by atoms with Crippen molar-refractivity contribution in [1.29, 1.82) is 0 Å². The van der Waals surface area contributed by atoms with Gasteiger partial charge in [-0.15, -0.1) is 0 Å². The zero-order chi connectivity index (χ0) is 44.6. The summed E-state index contributed by atoms with van der Waals surface area (Å²) in [4.78, 5) is 19.4. The number of anilines is 2. The highest BCUT2D eigenvalue weighted by molar-refractivity contribution is 6.26. The van der Waals surface area contributed by atoms with Crippen molar-refractivity contribution >= 4 is 83.4 Å². The Morgan fingerprint density at radius 1 is 0.471 bits per heavy atom. The predicted octanol–water partition coefficient (Wildman–Crippen LogP) is 14.2. The van der Waals surface area contributed by atoms with Crippen LogP contribution in [0.25, 0.3) is 100 Å². The fraction of sp³-hybridized carbons (Fsp3) is 0.0500. The lowest BCUT2D eigenvalue weighted by Gasteiger charge is -2.32. The highest BCUT2D eigenvalue weighted by Gasteiger charge is 2.45. The molecule has 1 aliphatic carbocycles. The molecule has 2 atom stereocenters. The molecule has 15 rings (SSSR count). The minimum Gasteiger partial charge on any atom is -0.316 e. The highest BCUT2D eigenvalue weighted by Crippen LogP contribution is 2.58. The molecule has 2 unspecified atom stereocenters. The minimum absolute atomic E-state index is 0.0787. The Bertz CT molecular complexity index is 4230. The Morgan fingerprint density at radius 3 is 1.82 bits per heavy atom. The molecule has 320 valence electrons. The summed E-state index contributed by atoms with van der Waals surface area (Å²) in [5.74, 6) is 1.63. The minimum atomic E-state index is -0.100. The van der Waals surface area contributed by atoms with Crippen molar-refractivity contribution in [3.05, 3.63) is 223 Å². The van der Waals surface area contributed by atoms with E-state index in [0.717, 1.165) is 67.5 Å². The van der Waals surface area contributed by atoms with Gasteiger partial charge in [-0.3, -0.25) is 9.13 Å². The summed E-state index contributed by atoms with van der Waals surface area (Å²) >= 11 is 0. The summed E-state index contributed by atoms with van der Waals surface area (Å²) in [6.07, 6.45) is 4.74. The third kappa shape index (κ3) is 5.00. The number of benzene rings is 8. The summed E-state index contributed by atoms with van der Waals surface area (Å²) in [5, 5.41) is 5.91. The first-order valence-corrected chi connectivity index (χ1v) is 23.3. The first-order valence-electron chi connectivity index (χ1n) is 23.3. The molecule has 0 N–H and O–H groups in total. The van der Waals surface area contributed by atoms with Crippen molar-refractivity contribution in [2.24, 2.45) is 7.05 Å². The van der Waals surface area contributed by atoms with Crippen LogP contribution < -0.4 is 4.90 Å². The van der Waals surface area contributed by atoms with E-state index in [0.29, 0.717) is 11.3 Å². The van der Waals surface area contributed by atoms with Gasteiger partial charge in [-0.05, 0) is 66.2 Å². The van der Waals surface area contributed by atoms with Gasteiger partial charge in [-0.1, -0.05) is 152 Å². The number of aryl methyl sites for hydroxylation is 1. The second kappa shape index (κ2) is 14.0. The number of hydrogen-bond acceptors (Lipinski definition) is 4. The third-order valence-corrected chi connectivity index (χ3v) is 14.5. The molecule has 2 aliphatic rings. The Labute approximate surface area is 390 Å². The predicted molar refractivity (Wildman–Crippen MR) is 277 cm³/mol. The van der Waals surface area contributed by atoms with E-state index in [1.807, 2.05) is 0 Å². The van der Waals surface area contributed by atoms with E-state index in [9.17, 15) is 0 Å². The standard InChI is InChI=1S/C60H40N8/c1-64-59-57(62-60(64)68-47-30-16-12-26-41(47)43-34-36-51-53(56(43)68)45-28-14-18-32-49(45)66(51)39-23-9-4-10-24-39)61-54(37-19-5-2-6-20-37)58(63-59)67-46-29-15-11-25-40(46)42-33-35-50-52(55(42)67)44-27-13-17-31-48(44)65(50)38-21-7-3-8-22-38/h2-36,42,55H,1H3. The molecule has 0 saturated carbocycles. The van der Waals surface area contributed by atoms with Crippen molar-refractivity contribution < 1.29 is 0 Å². The van der Waals surface area contributed by atoms with Crippen LogP contribution in [0.1, 0.15) is 28.8 Å². The molecule has 8 nitrogen and oxygen atoms in total. The van der Waals surface area contributed by atoms with Crippen LogP contribution >= 0.6 is 0 Å². The zero-order valence-corrected chi connectivity index (χ0v) is 36.9. The van der Waals surface area contributed by atoms with Crippen LogP contribution in [0.4, 0.5) is 11.5 Å². The van der Waals surface area contributed by atoms with Crippen molar-refractivity contribution in [3.8, 4) is 28.6 Å². The first kappa shape index (κ1) is 37.2. The molecule has 0 radical (unpaired) electrons.